The molecule has 0 bridgehead atoms. The Morgan fingerprint density at radius 2 is 1.93 bits per heavy atom. The number of aromatic nitrogens is 2. The van der Waals surface area contributed by atoms with Gasteiger partial charge in [-0.15, -0.1) is 36.2 Å². The summed E-state index contributed by atoms with van der Waals surface area (Å²) in [5.74, 6) is 2.16. The number of nitrogens with zero attached hydrogens (tertiary/aromatic N) is 4. The minimum atomic E-state index is 0. The Balaban J connectivity index is 0.00000128. The van der Waals surface area contributed by atoms with E-state index in [0.717, 1.165) is 42.6 Å². The molecule has 4 heterocycles. The van der Waals surface area contributed by atoms with E-state index in [1.54, 1.807) is 23.8 Å². The number of fused-ring (bicyclic) bond motifs is 2. The van der Waals surface area contributed by atoms with E-state index < -0.39 is 0 Å². The second-order valence-corrected chi connectivity index (χ2v) is 8.79. The zero-order valence-corrected chi connectivity index (χ0v) is 19.4. The van der Waals surface area contributed by atoms with Crippen LogP contribution < -0.4 is 10.3 Å². The second kappa shape index (κ2) is 9.24. The average Bonchev–Trinajstić information content (AvgIpc) is 3.36. The zero-order chi connectivity index (χ0) is 19.3. The van der Waals surface area contributed by atoms with Crippen LogP contribution in [0.15, 0.2) is 46.7 Å². The molecule has 0 unspecified atom stereocenters. The van der Waals surface area contributed by atoms with Crippen LogP contribution in [-0.4, -0.2) is 53.0 Å². The van der Waals surface area contributed by atoms with Crippen molar-refractivity contribution < 1.29 is 4.74 Å². The molecule has 0 aliphatic carbocycles. The Morgan fingerprint density at radius 3 is 2.67 bits per heavy atom. The molecule has 6 nitrogen and oxygen atoms in total. The lowest BCUT2D eigenvalue weighted by molar-refractivity contribution is 0.223. The van der Waals surface area contributed by atoms with E-state index in [2.05, 4.69) is 46.1 Å². The number of rotatable bonds is 4. The lowest BCUT2D eigenvalue weighted by Gasteiger charge is -2.27. The van der Waals surface area contributed by atoms with Crippen LogP contribution in [0.1, 0.15) is 17.3 Å². The van der Waals surface area contributed by atoms with Crippen molar-refractivity contribution in [2.24, 2.45) is 11.8 Å². The topological polar surface area (TPSA) is 50.1 Å². The van der Waals surface area contributed by atoms with Gasteiger partial charge in [0.15, 0.2) is 4.96 Å². The highest BCUT2D eigenvalue weighted by atomic mass is 35.5. The Bertz CT molecular complexity index is 1060. The molecule has 2 aromatic heterocycles. The standard InChI is InChI=1S/C21H24N4O2S.2ClH/c1-23-10-15-11-24(12-16-9-19(26)25-7-8-28-21(25)22-16)13-18(15)20(23)14-3-5-17(27-2)6-4-14;;/h3-9,15,18,20H,10-13H2,1-2H3;2*1H/t15-,18+,20-;;/m0../s1. The van der Waals surface area contributed by atoms with Gasteiger partial charge in [-0.05, 0) is 36.6 Å². The van der Waals surface area contributed by atoms with E-state index in [1.165, 1.54) is 16.9 Å². The van der Waals surface area contributed by atoms with Crippen molar-refractivity contribution in [3.05, 3.63) is 63.5 Å². The van der Waals surface area contributed by atoms with Crippen LogP contribution in [0.4, 0.5) is 0 Å². The van der Waals surface area contributed by atoms with Crippen molar-refractivity contribution in [1.82, 2.24) is 19.2 Å². The van der Waals surface area contributed by atoms with Crippen LogP contribution >= 0.6 is 36.2 Å². The minimum absolute atomic E-state index is 0. The Morgan fingerprint density at radius 1 is 1.17 bits per heavy atom. The molecule has 2 saturated heterocycles. The number of methoxy groups -OCH3 is 1. The van der Waals surface area contributed by atoms with Gasteiger partial charge in [-0.2, -0.15) is 0 Å². The quantitative estimate of drug-likeness (QED) is 0.587. The van der Waals surface area contributed by atoms with Gasteiger partial charge in [0, 0.05) is 49.9 Å². The van der Waals surface area contributed by atoms with Gasteiger partial charge in [-0.1, -0.05) is 12.1 Å². The van der Waals surface area contributed by atoms with Crippen LogP contribution in [0.2, 0.25) is 0 Å². The summed E-state index contributed by atoms with van der Waals surface area (Å²) in [6, 6.07) is 10.6. The van der Waals surface area contributed by atoms with Gasteiger partial charge in [0.05, 0.1) is 12.8 Å². The van der Waals surface area contributed by atoms with E-state index in [4.69, 9.17) is 4.74 Å². The van der Waals surface area contributed by atoms with Crippen LogP contribution in [-0.2, 0) is 6.54 Å². The van der Waals surface area contributed by atoms with E-state index in [-0.39, 0.29) is 30.4 Å². The maximum Gasteiger partial charge on any atom is 0.258 e. The SMILES string of the molecule is COc1ccc([C@H]2[C@@H]3CN(Cc4cc(=O)n5ccsc5n4)C[C@@H]3CN2C)cc1.Cl.Cl. The summed E-state index contributed by atoms with van der Waals surface area (Å²) in [6.07, 6.45) is 1.79. The summed E-state index contributed by atoms with van der Waals surface area (Å²) in [7, 11) is 3.93. The van der Waals surface area contributed by atoms with Gasteiger partial charge >= 0.3 is 0 Å². The van der Waals surface area contributed by atoms with Crippen molar-refractivity contribution in [2.75, 3.05) is 33.8 Å². The van der Waals surface area contributed by atoms with E-state index in [9.17, 15) is 4.79 Å². The highest BCUT2D eigenvalue weighted by Gasteiger charge is 2.46. The van der Waals surface area contributed by atoms with Gasteiger partial charge in [0.25, 0.3) is 5.56 Å². The van der Waals surface area contributed by atoms with Gasteiger partial charge in [-0.3, -0.25) is 19.0 Å². The fraction of sp³-hybridized carbons (Fsp3) is 0.429. The van der Waals surface area contributed by atoms with Gasteiger partial charge in [0.1, 0.15) is 5.75 Å². The molecule has 0 saturated carbocycles. The molecular formula is C21H26Cl2N4O2S. The minimum Gasteiger partial charge on any atom is -0.497 e. The number of ether oxygens (including phenoxy) is 1. The molecule has 2 aliphatic heterocycles. The number of likely N-dealkylation sites (tertiary alicyclic amines) is 2. The molecule has 0 radical (unpaired) electrons. The maximum atomic E-state index is 12.3. The van der Waals surface area contributed by atoms with Crippen molar-refractivity contribution in [2.45, 2.75) is 12.6 Å². The first kappa shape index (κ1) is 23.0. The molecule has 3 atom stereocenters. The van der Waals surface area contributed by atoms with Crippen molar-refractivity contribution in [1.29, 1.82) is 0 Å². The maximum absolute atomic E-state index is 12.3. The van der Waals surface area contributed by atoms with Gasteiger partial charge in [0.2, 0.25) is 0 Å². The predicted octanol–water partition coefficient (Wildman–Crippen LogP) is 3.34. The molecule has 2 aliphatic rings. The average molecular weight is 469 g/mol. The first-order valence-corrected chi connectivity index (χ1v) is 10.5. The third-order valence-electron chi connectivity index (χ3n) is 6.17. The lowest BCUT2D eigenvalue weighted by atomic mass is 9.89. The fourth-order valence-corrected chi connectivity index (χ4v) is 5.72. The summed E-state index contributed by atoms with van der Waals surface area (Å²) in [5.41, 5.74) is 2.24. The Kier molecular flexibility index (Phi) is 7.09. The molecular weight excluding hydrogens is 443 g/mol. The molecule has 9 heteroatoms. The lowest BCUT2D eigenvalue weighted by Crippen LogP contribution is -2.29. The van der Waals surface area contributed by atoms with Crippen molar-refractivity contribution in [3.63, 3.8) is 0 Å². The molecule has 5 rings (SSSR count). The summed E-state index contributed by atoms with van der Waals surface area (Å²) in [4.78, 5) is 22.7. The number of benzene rings is 1. The number of hydrogen-bond acceptors (Lipinski definition) is 6. The smallest absolute Gasteiger partial charge is 0.258 e. The van der Waals surface area contributed by atoms with E-state index in [0.29, 0.717) is 17.9 Å². The third kappa shape index (κ3) is 4.09. The molecule has 1 aromatic carbocycles. The highest BCUT2D eigenvalue weighted by molar-refractivity contribution is 7.15. The first-order chi connectivity index (χ1) is 13.6. The Labute approximate surface area is 192 Å². The molecule has 2 fully saturated rings. The second-order valence-electron chi connectivity index (χ2n) is 7.92. The third-order valence-corrected chi connectivity index (χ3v) is 6.93. The molecule has 0 N–H and O–H groups in total. The van der Waals surface area contributed by atoms with Crippen LogP contribution in [0.3, 0.4) is 0 Å². The zero-order valence-electron chi connectivity index (χ0n) is 16.9. The summed E-state index contributed by atoms with van der Waals surface area (Å²) >= 11 is 1.51. The van der Waals surface area contributed by atoms with Crippen LogP contribution in [0, 0.1) is 11.8 Å². The monoisotopic (exact) mass is 468 g/mol. The van der Waals surface area contributed by atoms with E-state index in [1.807, 2.05) is 5.38 Å². The largest absolute Gasteiger partial charge is 0.497 e. The van der Waals surface area contributed by atoms with Gasteiger partial charge in [-0.25, -0.2) is 4.98 Å². The van der Waals surface area contributed by atoms with Crippen molar-refractivity contribution in [3.8, 4) is 5.75 Å². The molecule has 0 amide bonds. The first-order valence-electron chi connectivity index (χ1n) is 9.64. The molecule has 30 heavy (non-hydrogen) atoms. The van der Waals surface area contributed by atoms with E-state index >= 15 is 0 Å². The number of hydrogen-bond donors (Lipinski definition) is 0. The fourth-order valence-electron chi connectivity index (χ4n) is 4.98. The Hall–Kier alpha value is -1.64. The van der Waals surface area contributed by atoms with Crippen LogP contribution in [0.25, 0.3) is 4.96 Å². The normalized spacial score (nSPS) is 23.7. The number of halogens is 2. The molecule has 162 valence electrons. The molecule has 0 spiro atoms. The predicted molar refractivity (Wildman–Crippen MR) is 124 cm³/mol. The molecule has 3 aromatic rings. The highest BCUT2D eigenvalue weighted by Crippen LogP contribution is 2.44. The summed E-state index contributed by atoms with van der Waals surface area (Å²) < 4.78 is 6.92. The number of thiazole rings is 1. The summed E-state index contributed by atoms with van der Waals surface area (Å²) in [5, 5.41) is 1.91. The summed E-state index contributed by atoms with van der Waals surface area (Å²) in [6.45, 7) is 3.96. The van der Waals surface area contributed by atoms with Crippen LogP contribution in [0.5, 0.6) is 5.75 Å². The van der Waals surface area contributed by atoms with Crippen molar-refractivity contribution >= 4 is 41.1 Å². The van der Waals surface area contributed by atoms with Gasteiger partial charge < -0.3 is 4.74 Å².